The van der Waals surface area contributed by atoms with Gasteiger partial charge >= 0.3 is 0 Å². The molecule has 2 atom stereocenters. The van der Waals surface area contributed by atoms with Gasteiger partial charge in [0.2, 0.25) is 0 Å². The van der Waals surface area contributed by atoms with E-state index in [0.29, 0.717) is 5.92 Å². The molecule has 0 spiro atoms. The van der Waals surface area contributed by atoms with Crippen LogP contribution in [-0.4, -0.2) is 5.78 Å². The molecule has 0 N–H and O–H groups in total. The van der Waals surface area contributed by atoms with Crippen molar-refractivity contribution in [2.45, 2.75) is 13.8 Å². The van der Waals surface area contributed by atoms with Crippen molar-refractivity contribution in [3.8, 4) is 0 Å². The third-order valence-corrected chi connectivity index (χ3v) is 1.80. The Labute approximate surface area is 49.4 Å². The van der Waals surface area contributed by atoms with Gasteiger partial charge in [-0.15, -0.1) is 0 Å². The maximum atomic E-state index is 10.7. The third-order valence-electron chi connectivity index (χ3n) is 1.80. The minimum Gasteiger partial charge on any atom is -0.295 e. The summed E-state index contributed by atoms with van der Waals surface area (Å²) in [5.41, 5.74) is 0. The van der Waals surface area contributed by atoms with Crippen LogP contribution < -0.4 is 0 Å². The fraction of sp³-hybridized carbons (Fsp3) is 0.571. The third kappa shape index (κ3) is 0.683. The topological polar surface area (TPSA) is 17.1 Å². The van der Waals surface area contributed by atoms with E-state index in [-0.39, 0.29) is 11.7 Å². The van der Waals surface area contributed by atoms with Crippen molar-refractivity contribution in [2.24, 2.45) is 11.8 Å². The average Bonchev–Trinajstić information content (AvgIpc) is 1.98. The smallest absolute Gasteiger partial charge is 0.158 e. The van der Waals surface area contributed by atoms with Crippen molar-refractivity contribution in [1.82, 2.24) is 0 Å². The van der Waals surface area contributed by atoms with E-state index < -0.39 is 0 Å². The van der Waals surface area contributed by atoms with Gasteiger partial charge in [-0.1, -0.05) is 19.9 Å². The highest BCUT2D eigenvalue weighted by molar-refractivity contribution is 5.94. The maximum Gasteiger partial charge on any atom is 0.158 e. The molecule has 0 fully saturated rings. The van der Waals surface area contributed by atoms with E-state index in [9.17, 15) is 4.79 Å². The highest BCUT2D eigenvalue weighted by Crippen LogP contribution is 2.19. The molecule has 1 heteroatoms. The normalized spacial score (nSPS) is 36.5. The summed E-state index contributed by atoms with van der Waals surface area (Å²) in [5.74, 6) is 0.968. The Bertz CT molecular complexity index is 135. The molecule has 8 heavy (non-hydrogen) atoms. The average molecular weight is 110 g/mol. The van der Waals surface area contributed by atoms with Crippen LogP contribution in [0.3, 0.4) is 0 Å². The van der Waals surface area contributed by atoms with Gasteiger partial charge in [-0.2, -0.15) is 0 Å². The largest absolute Gasteiger partial charge is 0.295 e. The van der Waals surface area contributed by atoms with Gasteiger partial charge in [-0.25, -0.2) is 0 Å². The van der Waals surface area contributed by atoms with Gasteiger partial charge in [0.05, 0.1) is 0 Å². The first-order chi connectivity index (χ1) is 3.72. The van der Waals surface area contributed by atoms with Crippen molar-refractivity contribution >= 4 is 5.78 Å². The lowest BCUT2D eigenvalue weighted by molar-refractivity contribution is -0.117. The van der Waals surface area contributed by atoms with Crippen molar-refractivity contribution in [3.63, 3.8) is 0 Å². The predicted octanol–water partition coefficient (Wildman–Crippen LogP) is 1.40. The fourth-order valence-corrected chi connectivity index (χ4v) is 0.824. The standard InChI is InChI=1S/C7H10O/c1-5-3-4-7(8)6(5)2/h3-6H,1-2H3/t5-,6-/m0/s1. The number of carbonyl (C=O) groups is 1. The molecule has 0 unspecified atom stereocenters. The predicted molar refractivity (Wildman–Crippen MR) is 32.5 cm³/mol. The monoisotopic (exact) mass is 110 g/mol. The zero-order valence-electron chi connectivity index (χ0n) is 5.22. The van der Waals surface area contributed by atoms with Crippen LogP contribution in [0.1, 0.15) is 13.8 Å². The van der Waals surface area contributed by atoms with E-state index in [4.69, 9.17) is 0 Å². The van der Waals surface area contributed by atoms with Crippen LogP contribution in [0.15, 0.2) is 12.2 Å². The van der Waals surface area contributed by atoms with Gasteiger partial charge in [-0.05, 0) is 12.0 Å². The first-order valence-electron chi connectivity index (χ1n) is 2.94. The lowest BCUT2D eigenvalue weighted by atomic mass is 10.00. The molecule has 0 saturated heterocycles. The van der Waals surface area contributed by atoms with Crippen LogP contribution in [0.4, 0.5) is 0 Å². The first kappa shape index (κ1) is 5.54. The van der Waals surface area contributed by atoms with Crippen molar-refractivity contribution < 1.29 is 4.79 Å². The van der Waals surface area contributed by atoms with Crippen LogP contribution in [0.2, 0.25) is 0 Å². The van der Waals surface area contributed by atoms with Crippen LogP contribution in [0, 0.1) is 11.8 Å². The van der Waals surface area contributed by atoms with Crippen LogP contribution >= 0.6 is 0 Å². The van der Waals surface area contributed by atoms with Crippen molar-refractivity contribution in [1.29, 1.82) is 0 Å². The molecule has 1 nitrogen and oxygen atoms in total. The summed E-state index contributed by atoms with van der Waals surface area (Å²) in [6, 6.07) is 0. The molecule has 0 aromatic rings. The molecule has 0 amide bonds. The molecule has 1 aliphatic rings. The Morgan fingerprint density at radius 1 is 1.50 bits per heavy atom. The summed E-state index contributed by atoms with van der Waals surface area (Å²) in [6.45, 7) is 4.03. The Kier molecular flexibility index (Phi) is 1.20. The number of carbonyl (C=O) groups excluding carboxylic acids is 1. The second-order valence-corrected chi connectivity index (χ2v) is 2.41. The van der Waals surface area contributed by atoms with E-state index in [0.717, 1.165) is 0 Å². The Hall–Kier alpha value is -0.590. The summed E-state index contributed by atoms with van der Waals surface area (Å²) in [6.07, 6.45) is 3.64. The Balaban J connectivity index is 2.69. The number of hydrogen-bond donors (Lipinski definition) is 0. The quantitative estimate of drug-likeness (QED) is 0.460. The van der Waals surface area contributed by atoms with E-state index in [1.807, 2.05) is 13.0 Å². The summed E-state index contributed by atoms with van der Waals surface area (Å²) < 4.78 is 0. The SMILES string of the molecule is C[C@@H]1C(=O)C=C[C@@H]1C. The van der Waals surface area contributed by atoms with E-state index >= 15 is 0 Å². The van der Waals surface area contributed by atoms with Gasteiger partial charge in [-0.3, -0.25) is 4.79 Å². The molecule has 0 saturated carbocycles. The van der Waals surface area contributed by atoms with Crippen molar-refractivity contribution in [3.05, 3.63) is 12.2 Å². The Morgan fingerprint density at radius 2 is 2.12 bits per heavy atom. The molecule has 0 radical (unpaired) electrons. The lowest BCUT2D eigenvalue weighted by Gasteiger charge is -2.03. The fourth-order valence-electron chi connectivity index (χ4n) is 0.824. The molecule has 0 aromatic heterocycles. The second-order valence-electron chi connectivity index (χ2n) is 2.41. The van der Waals surface area contributed by atoms with Gasteiger partial charge in [0, 0.05) is 5.92 Å². The highest BCUT2D eigenvalue weighted by atomic mass is 16.1. The van der Waals surface area contributed by atoms with Gasteiger partial charge in [0.1, 0.15) is 0 Å². The first-order valence-corrected chi connectivity index (χ1v) is 2.94. The van der Waals surface area contributed by atoms with Crippen molar-refractivity contribution in [2.75, 3.05) is 0 Å². The summed E-state index contributed by atoms with van der Waals surface area (Å²) in [5, 5.41) is 0. The number of allylic oxidation sites excluding steroid dienone is 2. The molecule has 0 aromatic carbocycles. The van der Waals surface area contributed by atoms with E-state index in [2.05, 4.69) is 6.92 Å². The number of rotatable bonds is 0. The maximum absolute atomic E-state index is 10.7. The number of ketones is 1. The molecular weight excluding hydrogens is 100 g/mol. The van der Waals surface area contributed by atoms with Gasteiger partial charge in [0.25, 0.3) is 0 Å². The molecule has 0 heterocycles. The molecule has 0 bridgehead atoms. The Morgan fingerprint density at radius 3 is 2.25 bits per heavy atom. The molecule has 1 aliphatic carbocycles. The number of hydrogen-bond acceptors (Lipinski definition) is 1. The van der Waals surface area contributed by atoms with Crippen LogP contribution in [-0.2, 0) is 4.79 Å². The zero-order chi connectivity index (χ0) is 6.15. The minimum atomic E-state index is 0.231. The summed E-state index contributed by atoms with van der Waals surface area (Å²) in [7, 11) is 0. The molecule has 0 aliphatic heterocycles. The van der Waals surface area contributed by atoms with Gasteiger partial charge < -0.3 is 0 Å². The summed E-state index contributed by atoms with van der Waals surface area (Å²) in [4.78, 5) is 10.7. The summed E-state index contributed by atoms with van der Waals surface area (Å²) >= 11 is 0. The molecule has 1 rings (SSSR count). The van der Waals surface area contributed by atoms with Gasteiger partial charge in [0.15, 0.2) is 5.78 Å². The second kappa shape index (κ2) is 1.73. The van der Waals surface area contributed by atoms with Crippen LogP contribution in [0.25, 0.3) is 0 Å². The molecule has 44 valence electrons. The minimum absolute atomic E-state index is 0.231. The molecular formula is C7H10O. The highest BCUT2D eigenvalue weighted by Gasteiger charge is 2.20. The van der Waals surface area contributed by atoms with E-state index in [1.165, 1.54) is 0 Å². The van der Waals surface area contributed by atoms with E-state index in [1.54, 1.807) is 6.08 Å². The zero-order valence-corrected chi connectivity index (χ0v) is 5.22. The lowest BCUT2D eigenvalue weighted by Crippen LogP contribution is -2.07. The van der Waals surface area contributed by atoms with Crippen LogP contribution in [0.5, 0.6) is 0 Å².